The monoisotopic (exact) mass is 276 g/mol. The lowest BCUT2D eigenvalue weighted by Crippen LogP contribution is -2.25. The number of esters is 1. The number of nitrogens with zero attached hydrogens (tertiary/aromatic N) is 1. The number of hydrogen-bond acceptors (Lipinski definition) is 4. The van der Waals surface area contributed by atoms with E-state index in [1.807, 2.05) is 6.92 Å². The average Bonchev–Trinajstić information content (AvgIpc) is 2.94. The van der Waals surface area contributed by atoms with Crippen LogP contribution in [0, 0.1) is 0 Å². The molecular weight excluding hydrogens is 252 g/mol. The zero-order chi connectivity index (χ0) is 14.2. The predicted molar refractivity (Wildman–Crippen MR) is 79.3 cm³/mol. The van der Waals surface area contributed by atoms with Gasteiger partial charge in [0.1, 0.15) is 0 Å². The fourth-order valence-corrected chi connectivity index (χ4v) is 2.58. The van der Waals surface area contributed by atoms with Gasteiger partial charge in [0, 0.05) is 13.1 Å². The minimum absolute atomic E-state index is 0.190. The summed E-state index contributed by atoms with van der Waals surface area (Å²) >= 11 is 0. The standard InChI is InChI=1S/C16H24N2O2/c1-2-20-16(19)12-17-11-14-7-3-4-8-15(14)13-18-9-5-6-10-18/h3-4,7-8,17H,2,5-6,9-13H2,1H3. The third-order valence-corrected chi connectivity index (χ3v) is 3.60. The van der Waals surface area contributed by atoms with Crippen molar-refractivity contribution in [3.8, 4) is 0 Å². The Morgan fingerprint density at radius 2 is 1.95 bits per heavy atom. The van der Waals surface area contributed by atoms with Crippen LogP contribution in [-0.2, 0) is 22.6 Å². The second-order valence-corrected chi connectivity index (χ2v) is 5.16. The maximum Gasteiger partial charge on any atom is 0.319 e. The fourth-order valence-electron chi connectivity index (χ4n) is 2.58. The van der Waals surface area contributed by atoms with Crippen molar-refractivity contribution in [3.63, 3.8) is 0 Å². The summed E-state index contributed by atoms with van der Waals surface area (Å²) in [6, 6.07) is 8.44. The van der Waals surface area contributed by atoms with Crippen molar-refractivity contribution in [3.05, 3.63) is 35.4 Å². The molecule has 1 fully saturated rings. The van der Waals surface area contributed by atoms with E-state index in [-0.39, 0.29) is 12.5 Å². The van der Waals surface area contributed by atoms with Crippen LogP contribution >= 0.6 is 0 Å². The Bertz CT molecular complexity index is 428. The van der Waals surface area contributed by atoms with Crippen molar-refractivity contribution >= 4 is 5.97 Å². The lowest BCUT2D eigenvalue weighted by Gasteiger charge is -2.17. The number of rotatable bonds is 7. The molecule has 0 aliphatic carbocycles. The van der Waals surface area contributed by atoms with Gasteiger partial charge in [-0.2, -0.15) is 0 Å². The van der Waals surface area contributed by atoms with Crippen LogP contribution in [0.4, 0.5) is 0 Å². The lowest BCUT2D eigenvalue weighted by atomic mass is 10.1. The van der Waals surface area contributed by atoms with Crippen molar-refractivity contribution < 1.29 is 9.53 Å². The number of ether oxygens (including phenoxy) is 1. The first-order valence-electron chi connectivity index (χ1n) is 7.45. The summed E-state index contributed by atoms with van der Waals surface area (Å²) in [6.07, 6.45) is 2.62. The minimum atomic E-state index is -0.190. The van der Waals surface area contributed by atoms with Crippen LogP contribution in [0.2, 0.25) is 0 Å². The first-order valence-corrected chi connectivity index (χ1v) is 7.45. The lowest BCUT2D eigenvalue weighted by molar-refractivity contribution is -0.142. The first kappa shape index (κ1) is 15.0. The van der Waals surface area contributed by atoms with Gasteiger partial charge in [0.15, 0.2) is 0 Å². The third-order valence-electron chi connectivity index (χ3n) is 3.60. The maximum absolute atomic E-state index is 11.3. The topological polar surface area (TPSA) is 41.6 Å². The van der Waals surface area contributed by atoms with Crippen molar-refractivity contribution in [1.82, 2.24) is 10.2 Å². The number of nitrogens with one attached hydrogen (secondary N) is 1. The maximum atomic E-state index is 11.3. The molecule has 1 aliphatic rings. The average molecular weight is 276 g/mol. The van der Waals surface area contributed by atoms with Gasteiger partial charge in [0.05, 0.1) is 13.2 Å². The largest absolute Gasteiger partial charge is 0.465 e. The van der Waals surface area contributed by atoms with Crippen molar-refractivity contribution in [1.29, 1.82) is 0 Å². The molecule has 0 saturated carbocycles. The Hall–Kier alpha value is -1.39. The molecule has 1 N–H and O–H groups in total. The quantitative estimate of drug-likeness (QED) is 0.773. The number of hydrogen-bond donors (Lipinski definition) is 1. The zero-order valence-electron chi connectivity index (χ0n) is 12.2. The Morgan fingerprint density at radius 3 is 2.65 bits per heavy atom. The van der Waals surface area contributed by atoms with Gasteiger partial charge in [-0.05, 0) is 44.0 Å². The Labute approximate surface area is 121 Å². The molecule has 1 aromatic carbocycles. The van der Waals surface area contributed by atoms with Crippen LogP contribution in [0.15, 0.2) is 24.3 Å². The molecule has 0 atom stereocenters. The van der Waals surface area contributed by atoms with E-state index in [4.69, 9.17) is 4.74 Å². The molecule has 1 aromatic rings. The highest BCUT2D eigenvalue weighted by Gasteiger charge is 2.13. The highest BCUT2D eigenvalue weighted by Crippen LogP contribution is 2.15. The van der Waals surface area contributed by atoms with Gasteiger partial charge >= 0.3 is 5.97 Å². The smallest absolute Gasteiger partial charge is 0.319 e. The SMILES string of the molecule is CCOC(=O)CNCc1ccccc1CN1CCCC1. The highest BCUT2D eigenvalue weighted by molar-refractivity contribution is 5.71. The zero-order valence-corrected chi connectivity index (χ0v) is 12.2. The van der Waals surface area contributed by atoms with Gasteiger partial charge in [-0.25, -0.2) is 0 Å². The van der Waals surface area contributed by atoms with Gasteiger partial charge in [-0.3, -0.25) is 9.69 Å². The summed E-state index contributed by atoms with van der Waals surface area (Å²) in [6.45, 7) is 6.65. The van der Waals surface area contributed by atoms with Gasteiger partial charge in [0.2, 0.25) is 0 Å². The number of carbonyl (C=O) groups is 1. The summed E-state index contributed by atoms with van der Waals surface area (Å²) in [4.78, 5) is 13.8. The van der Waals surface area contributed by atoms with Crippen molar-refractivity contribution in [2.75, 3.05) is 26.2 Å². The summed E-state index contributed by atoms with van der Waals surface area (Å²) in [5, 5.41) is 3.16. The molecule has 1 aliphatic heterocycles. The van der Waals surface area contributed by atoms with E-state index in [2.05, 4.69) is 34.5 Å². The molecule has 0 amide bonds. The van der Waals surface area contributed by atoms with Crippen LogP contribution in [0.25, 0.3) is 0 Å². The van der Waals surface area contributed by atoms with Crippen LogP contribution in [0.5, 0.6) is 0 Å². The van der Waals surface area contributed by atoms with E-state index in [0.29, 0.717) is 13.2 Å². The normalized spacial score (nSPS) is 15.4. The summed E-state index contributed by atoms with van der Waals surface area (Å²) < 4.78 is 4.91. The van der Waals surface area contributed by atoms with Crippen molar-refractivity contribution in [2.45, 2.75) is 32.9 Å². The number of carbonyl (C=O) groups excluding carboxylic acids is 1. The number of benzene rings is 1. The Balaban J connectivity index is 1.85. The third kappa shape index (κ3) is 4.62. The van der Waals surface area contributed by atoms with Gasteiger partial charge < -0.3 is 10.1 Å². The van der Waals surface area contributed by atoms with E-state index >= 15 is 0 Å². The Morgan fingerprint density at radius 1 is 1.25 bits per heavy atom. The van der Waals surface area contributed by atoms with Crippen LogP contribution in [0.1, 0.15) is 30.9 Å². The van der Waals surface area contributed by atoms with E-state index < -0.39 is 0 Å². The molecule has 110 valence electrons. The summed E-state index contributed by atoms with van der Waals surface area (Å²) in [5.74, 6) is -0.190. The van der Waals surface area contributed by atoms with Crippen LogP contribution in [-0.4, -0.2) is 37.1 Å². The molecule has 2 rings (SSSR count). The van der Waals surface area contributed by atoms with E-state index in [0.717, 1.165) is 6.54 Å². The van der Waals surface area contributed by atoms with Gasteiger partial charge in [-0.1, -0.05) is 24.3 Å². The van der Waals surface area contributed by atoms with Gasteiger partial charge in [-0.15, -0.1) is 0 Å². The molecule has 4 nitrogen and oxygen atoms in total. The van der Waals surface area contributed by atoms with E-state index in [1.165, 1.54) is 37.1 Å². The number of likely N-dealkylation sites (tertiary alicyclic amines) is 1. The molecule has 0 spiro atoms. The minimum Gasteiger partial charge on any atom is -0.465 e. The second-order valence-electron chi connectivity index (χ2n) is 5.16. The first-order chi connectivity index (χ1) is 9.79. The van der Waals surface area contributed by atoms with E-state index in [1.54, 1.807) is 0 Å². The molecule has 4 heteroatoms. The fraction of sp³-hybridized carbons (Fsp3) is 0.562. The molecule has 20 heavy (non-hydrogen) atoms. The molecule has 0 unspecified atom stereocenters. The Kier molecular flexibility index (Phi) is 6.02. The predicted octanol–water partition coefficient (Wildman–Crippen LogP) is 1.94. The van der Waals surface area contributed by atoms with Crippen molar-refractivity contribution in [2.24, 2.45) is 0 Å². The van der Waals surface area contributed by atoms with E-state index in [9.17, 15) is 4.79 Å². The molecule has 1 saturated heterocycles. The molecule has 0 bridgehead atoms. The second kappa shape index (κ2) is 8.02. The van der Waals surface area contributed by atoms with Crippen LogP contribution < -0.4 is 5.32 Å². The highest BCUT2D eigenvalue weighted by atomic mass is 16.5. The summed E-state index contributed by atoms with van der Waals surface area (Å²) in [7, 11) is 0. The molecule has 1 heterocycles. The molecular formula is C16H24N2O2. The molecule has 0 radical (unpaired) electrons. The molecule has 0 aromatic heterocycles. The summed E-state index contributed by atoms with van der Waals surface area (Å²) in [5.41, 5.74) is 2.62. The van der Waals surface area contributed by atoms with Gasteiger partial charge in [0.25, 0.3) is 0 Å². The van der Waals surface area contributed by atoms with Crippen LogP contribution in [0.3, 0.4) is 0 Å².